The number of allylic oxidation sites excluding steroid dienone is 4. The van der Waals surface area contributed by atoms with E-state index in [1.165, 1.54) is 6.07 Å². The maximum absolute atomic E-state index is 14.3. The van der Waals surface area contributed by atoms with Gasteiger partial charge in [-0.05, 0) is 43.2 Å². The first-order valence-electron chi connectivity index (χ1n) is 12.2. The molecule has 11 heteroatoms. The Hall–Kier alpha value is -4.54. The van der Waals surface area contributed by atoms with E-state index in [-0.39, 0.29) is 16.0 Å². The Bertz CT molecular complexity index is 2120. The fourth-order valence-electron chi connectivity index (χ4n) is 5.34. The van der Waals surface area contributed by atoms with Gasteiger partial charge in [-0.2, -0.15) is 0 Å². The summed E-state index contributed by atoms with van der Waals surface area (Å²) in [6, 6.07) is 7.12. The summed E-state index contributed by atoms with van der Waals surface area (Å²) >= 11 is 6.76. The molecule has 2 aromatic heterocycles. The molecule has 0 saturated heterocycles. The minimum absolute atomic E-state index is 0.125. The molecule has 1 atom stereocenters. The van der Waals surface area contributed by atoms with E-state index in [1.807, 2.05) is 0 Å². The predicted octanol–water partition coefficient (Wildman–Crippen LogP) is 4.78. The molecule has 0 spiro atoms. The fourth-order valence-corrected chi connectivity index (χ4v) is 5.65. The van der Waals surface area contributed by atoms with Crippen LogP contribution in [0.25, 0.3) is 38.3 Å². The van der Waals surface area contributed by atoms with Gasteiger partial charge in [-0.3, -0.25) is 9.59 Å². The second kappa shape index (κ2) is 8.73. The van der Waals surface area contributed by atoms with E-state index >= 15 is 0 Å². The normalized spacial score (nSPS) is 15.4. The number of hydrogen-bond acceptors (Lipinski definition) is 4. The summed E-state index contributed by atoms with van der Waals surface area (Å²) in [5.41, 5.74) is 4.91. The van der Waals surface area contributed by atoms with Crippen LogP contribution in [-0.2, 0) is 5.60 Å². The van der Waals surface area contributed by atoms with Gasteiger partial charge in [-0.25, -0.2) is 18.1 Å². The Balaban J connectivity index is 1.65. The number of nitrogens with one attached hydrogen (secondary N) is 2. The second-order valence-corrected chi connectivity index (χ2v) is 10.6. The Kier molecular flexibility index (Phi) is 5.62. The van der Waals surface area contributed by atoms with Crippen LogP contribution in [-0.4, -0.2) is 25.5 Å². The van der Waals surface area contributed by atoms with Crippen LogP contribution in [0.4, 0.5) is 8.78 Å². The van der Waals surface area contributed by atoms with Gasteiger partial charge in [0.15, 0.2) is 5.82 Å². The average Bonchev–Trinajstić information content (AvgIpc) is 3.49. The van der Waals surface area contributed by atoms with Gasteiger partial charge in [-0.15, -0.1) is 0 Å². The van der Waals surface area contributed by atoms with Crippen molar-refractivity contribution in [1.82, 2.24) is 14.5 Å². The van der Waals surface area contributed by atoms with Gasteiger partial charge in [0.05, 0.1) is 33.6 Å². The first kappa shape index (κ1) is 25.7. The molecule has 1 aliphatic carbocycles. The quantitative estimate of drug-likeness (QED) is 0.251. The summed E-state index contributed by atoms with van der Waals surface area (Å²) in [5.74, 6) is -2.76. The molecule has 5 N–H and O–H groups in total. The zero-order chi connectivity index (χ0) is 28.7. The highest BCUT2D eigenvalue weighted by atomic mass is 35.5. The minimum Gasteiger partial charge on any atom is -0.386 e. The molecule has 0 radical (unpaired) electrons. The summed E-state index contributed by atoms with van der Waals surface area (Å²) in [6.07, 6.45) is 4.88. The molecule has 40 heavy (non-hydrogen) atoms. The molecule has 0 aliphatic heterocycles. The van der Waals surface area contributed by atoms with Gasteiger partial charge in [-0.1, -0.05) is 42.0 Å². The van der Waals surface area contributed by atoms with E-state index in [0.29, 0.717) is 44.6 Å². The molecule has 1 amide bonds. The van der Waals surface area contributed by atoms with E-state index in [1.54, 1.807) is 50.3 Å². The number of nitrogens with two attached hydrogens (primary N) is 1. The maximum atomic E-state index is 14.3. The first-order valence-corrected chi connectivity index (χ1v) is 12.6. The highest BCUT2D eigenvalue weighted by Crippen LogP contribution is 2.44. The summed E-state index contributed by atoms with van der Waals surface area (Å²) < 4.78 is 29.2. The van der Waals surface area contributed by atoms with Crippen molar-refractivity contribution in [3.05, 3.63) is 109 Å². The van der Waals surface area contributed by atoms with Crippen molar-refractivity contribution in [2.45, 2.75) is 25.5 Å². The number of primary amides is 1. The number of carbonyl (C=O) groups is 1. The van der Waals surface area contributed by atoms with E-state index in [4.69, 9.17) is 17.3 Å². The summed E-state index contributed by atoms with van der Waals surface area (Å²) in [4.78, 5) is 44.5. The molecular formula is C29H21ClF2N4O4. The minimum atomic E-state index is -1.14. The van der Waals surface area contributed by atoms with Crippen LogP contribution in [0, 0.1) is 11.6 Å². The van der Waals surface area contributed by atoms with Crippen molar-refractivity contribution in [1.29, 1.82) is 0 Å². The van der Waals surface area contributed by atoms with Crippen LogP contribution in [0.3, 0.4) is 0 Å². The standard InChI is InChI=1S/C29H21ClF2N4O4/c1-29(2,40)12-6-7-14-20(8-12)34-25-16(26(33)37)11-18(30)22(23(14)25)15-4-3-5-21(15)36-27(38)17-9-13(31)10-19(32)24(17)35-28(36)39/h3-11,21,34,40H,1-2H3,(H2,33,37)(H,35,39). The lowest BCUT2D eigenvalue weighted by atomic mass is 9.92. The number of rotatable bonds is 4. The highest BCUT2D eigenvalue weighted by Gasteiger charge is 2.29. The third kappa shape index (κ3) is 3.79. The van der Waals surface area contributed by atoms with Crippen LogP contribution in [0.15, 0.2) is 64.2 Å². The molecule has 0 fully saturated rings. The van der Waals surface area contributed by atoms with Crippen molar-refractivity contribution in [3.8, 4) is 0 Å². The van der Waals surface area contributed by atoms with Crippen molar-refractivity contribution < 1.29 is 18.7 Å². The van der Waals surface area contributed by atoms with Gasteiger partial charge >= 0.3 is 5.69 Å². The lowest BCUT2D eigenvalue weighted by molar-refractivity contribution is 0.0787. The fraction of sp³-hybridized carbons (Fsp3) is 0.138. The van der Waals surface area contributed by atoms with Gasteiger partial charge in [0.25, 0.3) is 11.5 Å². The molecule has 5 aromatic rings. The first-order chi connectivity index (χ1) is 18.9. The SMILES string of the molecule is CC(C)(O)c1ccc2c(c1)[nH]c1c(C(N)=O)cc(Cl)c(C3=CC=CC3n3c(=O)[nH]c4c(F)cc(F)cc4c3=O)c12. The molecule has 3 aromatic carbocycles. The molecule has 0 saturated carbocycles. The lowest BCUT2D eigenvalue weighted by Crippen LogP contribution is -2.37. The summed E-state index contributed by atoms with van der Waals surface area (Å²) in [5, 5.41) is 11.5. The number of hydrogen-bond donors (Lipinski definition) is 4. The Labute approximate surface area is 229 Å². The van der Waals surface area contributed by atoms with Crippen molar-refractivity contribution in [3.63, 3.8) is 0 Å². The van der Waals surface area contributed by atoms with Gasteiger partial charge in [0.2, 0.25) is 0 Å². The highest BCUT2D eigenvalue weighted by molar-refractivity contribution is 6.36. The summed E-state index contributed by atoms with van der Waals surface area (Å²) in [7, 11) is 0. The lowest BCUT2D eigenvalue weighted by Gasteiger charge is -2.20. The van der Waals surface area contributed by atoms with Crippen LogP contribution in [0.2, 0.25) is 5.02 Å². The molecule has 6 rings (SSSR count). The number of nitrogens with zero attached hydrogens (tertiary/aromatic N) is 1. The molecule has 202 valence electrons. The predicted molar refractivity (Wildman–Crippen MR) is 149 cm³/mol. The van der Waals surface area contributed by atoms with Gasteiger partial charge in [0, 0.05) is 32.9 Å². The topological polar surface area (TPSA) is 134 Å². The molecule has 2 heterocycles. The number of amides is 1. The zero-order valence-electron chi connectivity index (χ0n) is 21.1. The Morgan fingerprint density at radius 3 is 2.52 bits per heavy atom. The number of halogens is 3. The van der Waals surface area contributed by atoms with E-state index < -0.39 is 46.0 Å². The Morgan fingerprint density at radius 1 is 1.07 bits per heavy atom. The number of aliphatic hydroxyl groups is 1. The average molecular weight is 563 g/mol. The third-order valence-corrected chi connectivity index (χ3v) is 7.51. The zero-order valence-corrected chi connectivity index (χ0v) is 21.9. The smallest absolute Gasteiger partial charge is 0.329 e. The number of H-pyrrole nitrogens is 2. The molecular weight excluding hydrogens is 542 g/mol. The maximum Gasteiger partial charge on any atom is 0.329 e. The van der Waals surface area contributed by atoms with Crippen molar-refractivity contribution in [2.24, 2.45) is 5.73 Å². The van der Waals surface area contributed by atoms with E-state index in [0.717, 1.165) is 10.6 Å². The van der Waals surface area contributed by atoms with Gasteiger partial charge in [0.1, 0.15) is 5.82 Å². The Morgan fingerprint density at radius 2 is 1.82 bits per heavy atom. The second-order valence-electron chi connectivity index (χ2n) is 10.2. The largest absolute Gasteiger partial charge is 0.386 e. The number of aromatic nitrogens is 3. The molecule has 1 unspecified atom stereocenters. The van der Waals surface area contributed by atoms with E-state index in [9.17, 15) is 28.3 Å². The van der Waals surface area contributed by atoms with Crippen molar-refractivity contribution in [2.75, 3.05) is 0 Å². The van der Waals surface area contributed by atoms with Crippen LogP contribution in [0.1, 0.15) is 41.4 Å². The van der Waals surface area contributed by atoms with Crippen LogP contribution >= 0.6 is 11.6 Å². The molecule has 0 bridgehead atoms. The molecule has 8 nitrogen and oxygen atoms in total. The van der Waals surface area contributed by atoms with Crippen LogP contribution in [0.5, 0.6) is 0 Å². The van der Waals surface area contributed by atoms with Crippen LogP contribution < -0.4 is 17.0 Å². The third-order valence-electron chi connectivity index (χ3n) is 7.21. The monoisotopic (exact) mass is 562 g/mol. The van der Waals surface area contributed by atoms with Gasteiger partial charge < -0.3 is 20.8 Å². The number of aromatic amines is 2. The number of benzene rings is 3. The number of carbonyl (C=O) groups excluding carboxylic acids is 1. The van der Waals surface area contributed by atoms with E-state index in [2.05, 4.69) is 9.97 Å². The number of fused-ring (bicyclic) bond motifs is 4. The summed E-state index contributed by atoms with van der Waals surface area (Å²) in [6.45, 7) is 3.29. The van der Waals surface area contributed by atoms with Crippen molar-refractivity contribution >= 4 is 55.8 Å². The molecule has 1 aliphatic rings.